The number of aromatic nitrogens is 2. The quantitative estimate of drug-likeness (QED) is 0.805. The number of hydrogen-bond acceptors (Lipinski definition) is 3. The molecule has 0 aromatic carbocycles. The highest BCUT2D eigenvalue weighted by atomic mass is 16.2. The fourth-order valence-corrected chi connectivity index (χ4v) is 2.24. The first-order valence-electron chi connectivity index (χ1n) is 6.03. The zero-order valence-electron chi connectivity index (χ0n) is 9.90. The molecule has 2 N–H and O–H groups in total. The maximum Gasteiger partial charge on any atom is 0.271 e. The molecule has 92 valence electrons. The highest BCUT2D eigenvalue weighted by molar-refractivity contribution is 5.92. The summed E-state index contributed by atoms with van der Waals surface area (Å²) in [4.78, 5) is 22.7. The number of rotatable bonds is 2. The minimum Gasteiger partial charge on any atom is -0.348 e. The van der Waals surface area contributed by atoms with E-state index in [1.807, 2.05) is 0 Å². The highest BCUT2D eigenvalue weighted by Crippen LogP contribution is 2.23. The largest absolute Gasteiger partial charge is 0.348 e. The summed E-state index contributed by atoms with van der Waals surface area (Å²) in [6.45, 7) is 2.16. The van der Waals surface area contributed by atoms with E-state index in [1.54, 1.807) is 0 Å². The lowest BCUT2D eigenvalue weighted by Crippen LogP contribution is -2.41. The average molecular weight is 235 g/mol. The fraction of sp³-hybridized carbons (Fsp3) is 0.583. The van der Waals surface area contributed by atoms with E-state index in [0.717, 1.165) is 19.3 Å². The minimum atomic E-state index is -0.299. The zero-order valence-corrected chi connectivity index (χ0v) is 9.90. The van der Waals surface area contributed by atoms with Crippen molar-refractivity contribution in [3.8, 4) is 0 Å². The monoisotopic (exact) mass is 235 g/mol. The Labute approximate surface area is 99.6 Å². The van der Waals surface area contributed by atoms with E-state index in [0.29, 0.717) is 5.92 Å². The van der Waals surface area contributed by atoms with Gasteiger partial charge in [0.2, 0.25) is 0 Å². The molecule has 0 bridgehead atoms. The molecule has 1 saturated carbocycles. The molecule has 1 heterocycles. The molecule has 17 heavy (non-hydrogen) atoms. The molecule has 1 aromatic heterocycles. The van der Waals surface area contributed by atoms with Gasteiger partial charge >= 0.3 is 0 Å². The van der Waals surface area contributed by atoms with Crippen molar-refractivity contribution in [1.82, 2.24) is 15.5 Å². The normalized spacial score (nSPS) is 24.3. The van der Waals surface area contributed by atoms with Gasteiger partial charge in [-0.2, -0.15) is 5.10 Å². The molecule has 0 spiro atoms. The lowest BCUT2D eigenvalue weighted by Gasteiger charge is -2.29. The summed E-state index contributed by atoms with van der Waals surface area (Å²) >= 11 is 0. The van der Waals surface area contributed by atoms with Crippen LogP contribution in [-0.4, -0.2) is 22.1 Å². The van der Waals surface area contributed by atoms with Crippen molar-refractivity contribution in [2.75, 3.05) is 0 Å². The molecule has 0 aliphatic heterocycles. The van der Waals surface area contributed by atoms with E-state index >= 15 is 0 Å². The third-order valence-corrected chi connectivity index (χ3v) is 3.34. The van der Waals surface area contributed by atoms with Crippen molar-refractivity contribution in [3.63, 3.8) is 0 Å². The average Bonchev–Trinajstić information content (AvgIpc) is 2.33. The Kier molecular flexibility index (Phi) is 3.56. The molecule has 2 atom stereocenters. The Morgan fingerprint density at radius 3 is 2.82 bits per heavy atom. The summed E-state index contributed by atoms with van der Waals surface area (Å²) in [5.74, 6) is 0.301. The van der Waals surface area contributed by atoms with Crippen molar-refractivity contribution >= 4 is 5.91 Å². The highest BCUT2D eigenvalue weighted by Gasteiger charge is 2.23. The van der Waals surface area contributed by atoms with Crippen LogP contribution in [0.3, 0.4) is 0 Å². The van der Waals surface area contributed by atoms with Crippen LogP contribution in [0.2, 0.25) is 0 Å². The number of aromatic amines is 1. The minimum absolute atomic E-state index is 0.208. The second kappa shape index (κ2) is 5.12. The van der Waals surface area contributed by atoms with Crippen molar-refractivity contribution in [3.05, 3.63) is 28.2 Å². The summed E-state index contributed by atoms with van der Waals surface area (Å²) < 4.78 is 0. The molecule has 1 aliphatic carbocycles. The molecule has 1 aliphatic rings. The van der Waals surface area contributed by atoms with Crippen LogP contribution in [0.25, 0.3) is 0 Å². The Morgan fingerprint density at radius 1 is 1.41 bits per heavy atom. The van der Waals surface area contributed by atoms with Crippen LogP contribution >= 0.6 is 0 Å². The number of amides is 1. The second-order valence-electron chi connectivity index (χ2n) is 4.65. The van der Waals surface area contributed by atoms with Crippen LogP contribution in [0, 0.1) is 5.92 Å². The van der Waals surface area contributed by atoms with Gasteiger partial charge in [0.1, 0.15) is 5.69 Å². The lowest BCUT2D eigenvalue weighted by molar-refractivity contribution is 0.0904. The van der Waals surface area contributed by atoms with Crippen LogP contribution in [0.5, 0.6) is 0 Å². The first-order chi connectivity index (χ1) is 8.16. The number of hydrogen-bond donors (Lipinski definition) is 2. The Hall–Kier alpha value is -1.65. The molecule has 5 heteroatoms. The van der Waals surface area contributed by atoms with E-state index in [1.165, 1.54) is 18.6 Å². The third-order valence-electron chi connectivity index (χ3n) is 3.34. The first-order valence-corrected chi connectivity index (χ1v) is 6.03. The number of carbonyl (C=O) groups is 1. The van der Waals surface area contributed by atoms with Gasteiger partial charge in [-0.1, -0.05) is 19.8 Å². The summed E-state index contributed by atoms with van der Waals surface area (Å²) in [5, 5.41) is 8.96. The second-order valence-corrected chi connectivity index (χ2v) is 4.65. The Bertz CT molecular complexity index is 435. The fourth-order valence-electron chi connectivity index (χ4n) is 2.24. The molecule has 1 aromatic rings. The van der Waals surface area contributed by atoms with Crippen LogP contribution in [-0.2, 0) is 0 Å². The molecule has 1 fully saturated rings. The number of H-pyrrole nitrogens is 1. The molecular formula is C12H17N3O2. The van der Waals surface area contributed by atoms with Gasteiger partial charge in [-0.15, -0.1) is 0 Å². The molecule has 1 amide bonds. The Balaban J connectivity index is 2.01. The Morgan fingerprint density at radius 2 is 2.18 bits per heavy atom. The van der Waals surface area contributed by atoms with Gasteiger partial charge in [0, 0.05) is 12.1 Å². The van der Waals surface area contributed by atoms with E-state index in [-0.39, 0.29) is 23.2 Å². The van der Waals surface area contributed by atoms with Crippen LogP contribution in [0.4, 0.5) is 0 Å². The van der Waals surface area contributed by atoms with Gasteiger partial charge in [0.15, 0.2) is 0 Å². The van der Waals surface area contributed by atoms with Crippen molar-refractivity contribution in [1.29, 1.82) is 0 Å². The molecule has 2 rings (SSSR count). The smallest absolute Gasteiger partial charge is 0.271 e. The van der Waals surface area contributed by atoms with E-state index < -0.39 is 0 Å². The summed E-state index contributed by atoms with van der Waals surface area (Å²) in [7, 11) is 0. The zero-order chi connectivity index (χ0) is 12.3. The molecule has 0 saturated heterocycles. The number of carbonyl (C=O) groups excluding carboxylic acids is 1. The maximum atomic E-state index is 11.9. The summed E-state index contributed by atoms with van der Waals surface area (Å²) in [6, 6.07) is 2.98. The lowest BCUT2D eigenvalue weighted by atomic mass is 9.86. The van der Waals surface area contributed by atoms with Gasteiger partial charge in [0.25, 0.3) is 11.5 Å². The van der Waals surface area contributed by atoms with Crippen molar-refractivity contribution in [2.24, 2.45) is 5.92 Å². The summed E-state index contributed by atoms with van der Waals surface area (Å²) in [6.07, 6.45) is 4.58. The van der Waals surface area contributed by atoms with Gasteiger partial charge in [-0.25, -0.2) is 5.10 Å². The van der Waals surface area contributed by atoms with Gasteiger partial charge in [-0.3, -0.25) is 9.59 Å². The van der Waals surface area contributed by atoms with Crippen LogP contribution in [0.15, 0.2) is 16.9 Å². The molecular weight excluding hydrogens is 218 g/mol. The summed E-state index contributed by atoms with van der Waals surface area (Å²) in [5.41, 5.74) is -0.0324. The molecule has 0 radical (unpaired) electrons. The predicted molar refractivity (Wildman–Crippen MR) is 63.7 cm³/mol. The van der Waals surface area contributed by atoms with E-state index in [4.69, 9.17) is 0 Å². The number of nitrogens with zero attached hydrogens (tertiary/aromatic N) is 1. The van der Waals surface area contributed by atoms with Crippen LogP contribution in [0.1, 0.15) is 43.1 Å². The predicted octanol–water partition coefficient (Wildman–Crippen LogP) is 1.08. The van der Waals surface area contributed by atoms with Crippen molar-refractivity contribution in [2.45, 2.75) is 38.6 Å². The SMILES string of the molecule is C[C@@H]1CCCC[C@@H]1NC(=O)c1ccc(=O)[nH]n1. The molecule has 0 unspecified atom stereocenters. The van der Waals surface area contributed by atoms with Gasteiger partial charge < -0.3 is 5.32 Å². The van der Waals surface area contributed by atoms with Crippen LogP contribution < -0.4 is 10.9 Å². The topological polar surface area (TPSA) is 74.8 Å². The third kappa shape index (κ3) is 2.93. The van der Waals surface area contributed by atoms with Crippen molar-refractivity contribution < 1.29 is 4.79 Å². The number of nitrogens with one attached hydrogen (secondary N) is 2. The van der Waals surface area contributed by atoms with E-state index in [9.17, 15) is 9.59 Å². The standard InChI is InChI=1S/C12H17N3O2/c1-8-4-2-3-5-9(8)13-12(17)10-6-7-11(16)15-14-10/h6-9H,2-5H2,1H3,(H,13,17)(H,15,16)/t8-,9+/m1/s1. The van der Waals surface area contributed by atoms with Gasteiger partial charge in [-0.05, 0) is 24.8 Å². The maximum absolute atomic E-state index is 11.9. The molecule has 5 nitrogen and oxygen atoms in total. The van der Waals surface area contributed by atoms with Gasteiger partial charge in [0.05, 0.1) is 0 Å². The van der Waals surface area contributed by atoms with E-state index in [2.05, 4.69) is 22.4 Å². The first kappa shape index (κ1) is 11.8.